The van der Waals surface area contributed by atoms with Crippen LogP contribution in [0.25, 0.3) is 0 Å². The standard InChI is InChI=1S/C19H25N3/c1-3-7-17(21-4-2)22-12-10-19(11-13-22)14-15-8-5-6-9-16(15)18(19)20/h3-9,18H,2,10-14,20H2,1H3/b7-3+,21-17+/t18-/m1/s1. The van der Waals surface area contributed by atoms with Crippen molar-refractivity contribution in [1.82, 2.24) is 4.90 Å². The van der Waals surface area contributed by atoms with E-state index in [9.17, 15) is 0 Å². The average molecular weight is 295 g/mol. The molecule has 0 bridgehead atoms. The zero-order valence-electron chi connectivity index (χ0n) is 13.3. The van der Waals surface area contributed by atoms with Gasteiger partial charge in [0.25, 0.3) is 0 Å². The van der Waals surface area contributed by atoms with Crippen LogP contribution < -0.4 is 5.73 Å². The Bertz CT molecular complexity index is 607. The summed E-state index contributed by atoms with van der Waals surface area (Å²) in [5.41, 5.74) is 9.64. The molecule has 1 fully saturated rings. The number of hydrogen-bond donors (Lipinski definition) is 1. The summed E-state index contributed by atoms with van der Waals surface area (Å²) in [6.07, 6.45) is 9.08. The number of amidine groups is 1. The maximum absolute atomic E-state index is 6.62. The van der Waals surface area contributed by atoms with Crippen molar-refractivity contribution < 1.29 is 0 Å². The Morgan fingerprint density at radius 1 is 1.36 bits per heavy atom. The maximum Gasteiger partial charge on any atom is 0.128 e. The summed E-state index contributed by atoms with van der Waals surface area (Å²) >= 11 is 0. The second kappa shape index (κ2) is 6.09. The minimum Gasteiger partial charge on any atom is -0.357 e. The highest BCUT2D eigenvalue weighted by molar-refractivity contribution is 5.93. The number of rotatable bonds is 2. The first kappa shape index (κ1) is 15.0. The Labute approximate surface area is 133 Å². The monoisotopic (exact) mass is 295 g/mol. The summed E-state index contributed by atoms with van der Waals surface area (Å²) in [5.74, 6) is 1.01. The fourth-order valence-electron chi connectivity index (χ4n) is 3.96. The number of piperidine rings is 1. The van der Waals surface area contributed by atoms with Crippen LogP contribution in [0.4, 0.5) is 0 Å². The molecule has 1 aromatic carbocycles. The second-order valence-electron chi connectivity index (χ2n) is 6.37. The van der Waals surface area contributed by atoms with E-state index in [4.69, 9.17) is 5.73 Å². The van der Waals surface area contributed by atoms with Crippen LogP contribution in [0.5, 0.6) is 0 Å². The summed E-state index contributed by atoms with van der Waals surface area (Å²) in [4.78, 5) is 6.75. The Hall–Kier alpha value is -1.87. The van der Waals surface area contributed by atoms with Gasteiger partial charge in [0.1, 0.15) is 5.84 Å². The van der Waals surface area contributed by atoms with Crippen molar-refractivity contribution in [3.63, 3.8) is 0 Å². The first-order chi connectivity index (χ1) is 10.7. The molecule has 0 amide bonds. The number of hydrogen-bond acceptors (Lipinski definition) is 2. The van der Waals surface area contributed by atoms with Crippen LogP contribution in [0, 0.1) is 5.41 Å². The molecule has 1 aliphatic carbocycles. The third-order valence-corrected chi connectivity index (χ3v) is 5.21. The molecule has 1 atom stereocenters. The van der Waals surface area contributed by atoms with Crippen molar-refractivity contribution in [2.75, 3.05) is 13.1 Å². The highest BCUT2D eigenvalue weighted by atomic mass is 15.2. The minimum atomic E-state index is 0.173. The predicted octanol–water partition coefficient (Wildman–Crippen LogP) is 3.44. The lowest BCUT2D eigenvalue weighted by molar-refractivity contribution is 0.128. The van der Waals surface area contributed by atoms with E-state index in [1.807, 2.05) is 13.0 Å². The van der Waals surface area contributed by atoms with Gasteiger partial charge in [-0.3, -0.25) is 0 Å². The van der Waals surface area contributed by atoms with Gasteiger partial charge in [-0.2, -0.15) is 0 Å². The van der Waals surface area contributed by atoms with Crippen LogP contribution in [0.1, 0.15) is 36.9 Å². The topological polar surface area (TPSA) is 41.6 Å². The van der Waals surface area contributed by atoms with Gasteiger partial charge in [0, 0.05) is 25.3 Å². The van der Waals surface area contributed by atoms with Crippen molar-refractivity contribution in [2.45, 2.75) is 32.2 Å². The molecule has 116 valence electrons. The number of likely N-dealkylation sites (tertiary alicyclic amines) is 1. The molecule has 2 aliphatic rings. The summed E-state index contributed by atoms with van der Waals surface area (Å²) < 4.78 is 0. The molecule has 1 aliphatic heterocycles. The molecule has 22 heavy (non-hydrogen) atoms. The molecular formula is C19H25N3. The van der Waals surface area contributed by atoms with E-state index < -0.39 is 0 Å². The number of aliphatic imine (C=N–C) groups is 1. The lowest BCUT2D eigenvalue weighted by atomic mass is 9.73. The Morgan fingerprint density at radius 2 is 2.09 bits per heavy atom. The molecule has 1 aromatic rings. The third-order valence-electron chi connectivity index (χ3n) is 5.21. The minimum absolute atomic E-state index is 0.173. The highest BCUT2D eigenvalue weighted by Crippen LogP contribution is 2.50. The lowest BCUT2D eigenvalue weighted by Gasteiger charge is -2.42. The number of allylic oxidation sites excluding steroid dienone is 1. The quantitative estimate of drug-likeness (QED) is 0.671. The number of benzene rings is 1. The molecule has 1 heterocycles. The van der Waals surface area contributed by atoms with Crippen LogP contribution in [0.2, 0.25) is 0 Å². The van der Waals surface area contributed by atoms with Gasteiger partial charge in [0.05, 0.1) is 0 Å². The van der Waals surface area contributed by atoms with E-state index >= 15 is 0 Å². The third kappa shape index (κ3) is 2.50. The summed E-state index contributed by atoms with van der Waals surface area (Å²) in [6, 6.07) is 8.84. The highest BCUT2D eigenvalue weighted by Gasteiger charge is 2.45. The second-order valence-corrected chi connectivity index (χ2v) is 6.37. The van der Waals surface area contributed by atoms with E-state index in [0.29, 0.717) is 0 Å². The average Bonchev–Trinajstić information content (AvgIpc) is 2.81. The smallest absolute Gasteiger partial charge is 0.128 e. The van der Waals surface area contributed by atoms with E-state index in [0.717, 1.165) is 38.2 Å². The largest absolute Gasteiger partial charge is 0.357 e. The van der Waals surface area contributed by atoms with Crippen LogP contribution in [-0.4, -0.2) is 23.8 Å². The normalized spacial score (nSPS) is 24.0. The van der Waals surface area contributed by atoms with Crippen molar-refractivity contribution >= 4 is 5.84 Å². The van der Waals surface area contributed by atoms with Crippen molar-refractivity contribution in [2.24, 2.45) is 16.1 Å². The maximum atomic E-state index is 6.62. The van der Waals surface area contributed by atoms with Crippen LogP contribution in [0.15, 0.2) is 54.2 Å². The van der Waals surface area contributed by atoms with Gasteiger partial charge in [-0.15, -0.1) is 0 Å². The van der Waals surface area contributed by atoms with Gasteiger partial charge in [-0.05, 0) is 48.8 Å². The molecule has 3 rings (SSSR count). The SMILES string of the molecule is C=C/N=C(\C=C\C)N1CCC2(CC1)Cc1ccccc1[C@H]2N. The molecule has 1 saturated heterocycles. The lowest BCUT2D eigenvalue weighted by Crippen LogP contribution is -2.46. The molecule has 0 radical (unpaired) electrons. The van der Waals surface area contributed by atoms with Crippen molar-refractivity contribution in [3.8, 4) is 0 Å². The summed E-state index contributed by atoms with van der Waals surface area (Å²) in [6.45, 7) is 7.77. The van der Waals surface area contributed by atoms with E-state index in [-0.39, 0.29) is 11.5 Å². The van der Waals surface area contributed by atoms with Gasteiger partial charge in [-0.25, -0.2) is 4.99 Å². The Morgan fingerprint density at radius 3 is 2.73 bits per heavy atom. The van der Waals surface area contributed by atoms with E-state index in [2.05, 4.69) is 46.8 Å². The number of nitrogens with zero attached hydrogens (tertiary/aromatic N) is 2. The van der Waals surface area contributed by atoms with Crippen molar-refractivity contribution in [3.05, 3.63) is 60.3 Å². The number of fused-ring (bicyclic) bond motifs is 1. The molecule has 0 unspecified atom stereocenters. The van der Waals surface area contributed by atoms with Crippen LogP contribution in [-0.2, 0) is 6.42 Å². The molecule has 2 N–H and O–H groups in total. The fourth-order valence-corrected chi connectivity index (χ4v) is 3.96. The first-order valence-corrected chi connectivity index (χ1v) is 8.10. The molecular weight excluding hydrogens is 270 g/mol. The molecule has 0 saturated carbocycles. The van der Waals surface area contributed by atoms with Crippen LogP contribution >= 0.6 is 0 Å². The van der Waals surface area contributed by atoms with Gasteiger partial charge in [-0.1, -0.05) is 36.9 Å². The van der Waals surface area contributed by atoms with Gasteiger partial charge in [0.15, 0.2) is 0 Å². The zero-order valence-corrected chi connectivity index (χ0v) is 13.3. The van der Waals surface area contributed by atoms with E-state index in [1.165, 1.54) is 11.1 Å². The molecule has 1 spiro atoms. The first-order valence-electron chi connectivity index (χ1n) is 8.10. The molecule has 3 nitrogen and oxygen atoms in total. The Kier molecular flexibility index (Phi) is 4.16. The summed E-state index contributed by atoms with van der Waals surface area (Å²) in [5, 5.41) is 0. The number of nitrogens with two attached hydrogens (primary N) is 1. The summed E-state index contributed by atoms with van der Waals surface area (Å²) in [7, 11) is 0. The van der Waals surface area contributed by atoms with Crippen molar-refractivity contribution in [1.29, 1.82) is 0 Å². The predicted molar refractivity (Wildman–Crippen MR) is 92.8 cm³/mol. The fraction of sp³-hybridized carbons (Fsp3) is 0.421. The molecule has 0 aromatic heterocycles. The van der Waals surface area contributed by atoms with Crippen LogP contribution in [0.3, 0.4) is 0 Å². The van der Waals surface area contributed by atoms with Gasteiger partial charge in [0.2, 0.25) is 0 Å². The molecule has 3 heteroatoms. The van der Waals surface area contributed by atoms with E-state index in [1.54, 1.807) is 6.20 Å². The van der Waals surface area contributed by atoms with Gasteiger partial charge >= 0.3 is 0 Å². The van der Waals surface area contributed by atoms with Gasteiger partial charge < -0.3 is 10.6 Å². The Balaban J connectivity index is 1.75. The zero-order chi connectivity index (χ0) is 15.6.